The van der Waals surface area contributed by atoms with Gasteiger partial charge in [-0.1, -0.05) is 20.3 Å². The van der Waals surface area contributed by atoms with Crippen LogP contribution in [-0.4, -0.2) is 15.9 Å². The number of carbonyl (C=O) groups is 1. The summed E-state index contributed by atoms with van der Waals surface area (Å²) >= 11 is 0. The van der Waals surface area contributed by atoms with Crippen molar-refractivity contribution in [2.75, 3.05) is 5.32 Å². The molecule has 1 rings (SSSR count). The van der Waals surface area contributed by atoms with Crippen LogP contribution in [0, 0.1) is 5.92 Å². The van der Waals surface area contributed by atoms with Crippen molar-refractivity contribution in [1.82, 2.24) is 9.97 Å². The highest BCUT2D eigenvalue weighted by molar-refractivity contribution is 5.89. The summed E-state index contributed by atoms with van der Waals surface area (Å²) in [6, 6.07) is 0. The van der Waals surface area contributed by atoms with Crippen molar-refractivity contribution in [3.63, 3.8) is 0 Å². The lowest BCUT2D eigenvalue weighted by Gasteiger charge is -2.07. The Bertz CT molecular complexity index is 287. The summed E-state index contributed by atoms with van der Waals surface area (Å²) in [5.41, 5.74) is 0. The molecule has 0 bridgehead atoms. The summed E-state index contributed by atoms with van der Waals surface area (Å²) < 4.78 is 0. The molecule has 1 atom stereocenters. The van der Waals surface area contributed by atoms with E-state index in [1.807, 2.05) is 0 Å². The first-order chi connectivity index (χ1) is 6.72. The molecule has 1 N–H and O–H groups in total. The molecular weight excluding hydrogens is 178 g/mol. The molecule has 1 heterocycles. The molecule has 0 aromatic carbocycles. The molecule has 0 aliphatic heterocycles. The first-order valence-corrected chi connectivity index (χ1v) is 4.78. The molecule has 1 amide bonds. The Labute approximate surface area is 83.8 Å². The van der Waals surface area contributed by atoms with Gasteiger partial charge in [-0.15, -0.1) is 0 Å². The molecule has 14 heavy (non-hydrogen) atoms. The summed E-state index contributed by atoms with van der Waals surface area (Å²) in [6.45, 7) is 4.12. The van der Waals surface area contributed by atoms with E-state index in [1.165, 1.54) is 6.20 Å². The van der Waals surface area contributed by atoms with E-state index in [9.17, 15) is 4.79 Å². The number of aromatic nitrogens is 2. The zero-order valence-electron chi connectivity index (χ0n) is 8.53. The van der Waals surface area contributed by atoms with Crippen LogP contribution in [0.25, 0.3) is 0 Å². The van der Waals surface area contributed by atoms with E-state index in [2.05, 4.69) is 29.1 Å². The first-order valence-electron chi connectivity index (χ1n) is 4.78. The minimum Gasteiger partial charge on any atom is -0.309 e. The number of hydrogen-bond acceptors (Lipinski definition) is 3. The van der Waals surface area contributed by atoms with Crippen molar-refractivity contribution < 1.29 is 4.79 Å². The van der Waals surface area contributed by atoms with Gasteiger partial charge in [0.15, 0.2) is 5.82 Å². The predicted molar refractivity (Wildman–Crippen MR) is 54.7 cm³/mol. The second-order valence-corrected chi connectivity index (χ2v) is 3.36. The van der Waals surface area contributed by atoms with E-state index in [1.54, 1.807) is 12.4 Å². The second-order valence-electron chi connectivity index (χ2n) is 3.36. The number of hydrogen-bond donors (Lipinski definition) is 1. The van der Waals surface area contributed by atoms with Crippen molar-refractivity contribution >= 4 is 11.7 Å². The Balaban J connectivity index is 2.42. The van der Waals surface area contributed by atoms with Crippen molar-refractivity contribution in [2.45, 2.75) is 26.7 Å². The number of carbonyl (C=O) groups excluding carboxylic acids is 1. The van der Waals surface area contributed by atoms with Crippen molar-refractivity contribution in [3.8, 4) is 0 Å². The van der Waals surface area contributed by atoms with Crippen molar-refractivity contribution in [2.24, 2.45) is 5.92 Å². The third-order valence-corrected chi connectivity index (χ3v) is 2.06. The Kier molecular flexibility index (Phi) is 4.04. The Morgan fingerprint density at radius 1 is 1.57 bits per heavy atom. The van der Waals surface area contributed by atoms with Crippen LogP contribution in [0.3, 0.4) is 0 Å². The molecule has 0 spiro atoms. The number of rotatable bonds is 4. The molecule has 0 aliphatic carbocycles. The maximum absolute atomic E-state index is 11.4. The molecule has 0 aliphatic rings. The molecular formula is C10H15N3O. The minimum absolute atomic E-state index is 0.000139. The van der Waals surface area contributed by atoms with Crippen molar-refractivity contribution in [3.05, 3.63) is 18.6 Å². The van der Waals surface area contributed by atoms with E-state index in [0.717, 1.165) is 6.42 Å². The largest absolute Gasteiger partial charge is 0.309 e. The number of nitrogens with one attached hydrogen (secondary N) is 1. The lowest BCUT2D eigenvalue weighted by atomic mass is 10.1. The molecule has 76 valence electrons. The zero-order chi connectivity index (χ0) is 10.4. The maximum atomic E-state index is 11.4. The topological polar surface area (TPSA) is 54.9 Å². The summed E-state index contributed by atoms with van der Waals surface area (Å²) in [5, 5.41) is 2.69. The quantitative estimate of drug-likeness (QED) is 0.794. The fraction of sp³-hybridized carbons (Fsp3) is 0.500. The Morgan fingerprint density at radius 2 is 2.36 bits per heavy atom. The van der Waals surface area contributed by atoms with Crippen LogP contribution in [0.1, 0.15) is 26.7 Å². The summed E-state index contributed by atoms with van der Waals surface area (Å²) in [7, 11) is 0. The van der Waals surface area contributed by atoms with Crippen molar-refractivity contribution in [1.29, 1.82) is 0 Å². The number of nitrogens with zero attached hydrogens (tertiary/aromatic N) is 2. The van der Waals surface area contributed by atoms with Crippen LogP contribution < -0.4 is 5.32 Å². The molecule has 0 saturated carbocycles. The standard InChI is InChI=1S/C10H15N3O/c1-3-8(2)6-10(14)13-9-7-11-4-5-12-9/h4-5,7-8H,3,6H2,1-2H3,(H,12,13,14). The summed E-state index contributed by atoms with van der Waals surface area (Å²) in [5.74, 6) is 0.923. The smallest absolute Gasteiger partial charge is 0.225 e. The van der Waals surface area contributed by atoms with Gasteiger partial charge in [0.2, 0.25) is 5.91 Å². The molecule has 1 aromatic heterocycles. The zero-order valence-corrected chi connectivity index (χ0v) is 8.53. The fourth-order valence-corrected chi connectivity index (χ4v) is 1.02. The van der Waals surface area contributed by atoms with Gasteiger partial charge in [-0.3, -0.25) is 9.78 Å². The van der Waals surface area contributed by atoms with Crippen LogP contribution in [0.2, 0.25) is 0 Å². The van der Waals surface area contributed by atoms with Crippen LogP contribution in [0.4, 0.5) is 5.82 Å². The lowest BCUT2D eigenvalue weighted by Crippen LogP contribution is -2.15. The average Bonchev–Trinajstić information content (AvgIpc) is 2.19. The molecule has 4 heteroatoms. The third kappa shape index (κ3) is 3.51. The van der Waals surface area contributed by atoms with Gasteiger partial charge in [0, 0.05) is 18.8 Å². The van der Waals surface area contributed by atoms with Gasteiger partial charge >= 0.3 is 0 Å². The van der Waals surface area contributed by atoms with E-state index >= 15 is 0 Å². The van der Waals surface area contributed by atoms with Crippen LogP contribution in [-0.2, 0) is 4.79 Å². The summed E-state index contributed by atoms with van der Waals surface area (Å²) in [4.78, 5) is 19.2. The van der Waals surface area contributed by atoms with Gasteiger partial charge in [-0.25, -0.2) is 4.98 Å². The second kappa shape index (κ2) is 5.32. The molecule has 1 unspecified atom stereocenters. The van der Waals surface area contributed by atoms with Crippen LogP contribution in [0.5, 0.6) is 0 Å². The van der Waals surface area contributed by atoms with E-state index < -0.39 is 0 Å². The normalized spacial score (nSPS) is 12.1. The fourth-order valence-electron chi connectivity index (χ4n) is 1.02. The monoisotopic (exact) mass is 193 g/mol. The highest BCUT2D eigenvalue weighted by atomic mass is 16.1. The SMILES string of the molecule is CCC(C)CC(=O)Nc1cnccn1. The van der Waals surface area contributed by atoms with Crippen LogP contribution >= 0.6 is 0 Å². The highest BCUT2D eigenvalue weighted by Gasteiger charge is 2.07. The molecule has 0 radical (unpaired) electrons. The number of amides is 1. The summed E-state index contributed by atoms with van der Waals surface area (Å²) in [6.07, 6.45) is 6.21. The molecule has 0 fully saturated rings. The highest BCUT2D eigenvalue weighted by Crippen LogP contribution is 2.08. The Hall–Kier alpha value is -1.45. The maximum Gasteiger partial charge on any atom is 0.225 e. The lowest BCUT2D eigenvalue weighted by molar-refractivity contribution is -0.117. The van der Waals surface area contributed by atoms with Gasteiger partial charge < -0.3 is 5.32 Å². The molecule has 1 aromatic rings. The molecule has 0 saturated heterocycles. The van der Waals surface area contributed by atoms with E-state index in [-0.39, 0.29) is 5.91 Å². The van der Waals surface area contributed by atoms with E-state index in [4.69, 9.17) is 0 Å². The van der Waals surface area contributed by atoms with E-state index in [0.29, 0.717) is 18.2 Å². The number of anilines is 1. The van der Waals surface area contributed by atoms with Gasteiger partial charge in [0.05, 0.1) is 6.20 Å². The van der Waals surface area contributed by atoms with Gasteiger partial charge in [0.1, 0.15) is 0 Å². The molecule has 4 nitrogen and oxygen atoms in total. The first kappa shape index (κ1) is 10.6. The van der Waals surface area contributed by atoms with Gasteiger partial charge in [-0.05, 0) is 5.92 Å². The van der Waals surface area contributed by atoms with Gasteiger partial charge in [-0.2, -0.15) is 0 Å². The Morgan fingerprint density at radius 3 is 2.93 bits per heavy atom. The third-order valence-electron chi connectivity index (χ3n) is 2.06. The minimum atomic E-state index is -0.000139. The van der Waals surface area contributed by atoms with Crippen LogP contribution in [0.15, 0.2) is 18.6 Å². The van der Waals surface area contributed by atoms with Gasteiger partial charge in [0.25, 0.3) is 0 Å². The average molecular weight is 193 g/mol. The predicted octanol–water partition coefficient (Wildman–Crippen LogP) is 1.85.